The molecule has 19 heavy (non-hydrogen) atoms. The molecule has 1 aromatic rings. The SMILES string of the molecule is CCCC1CC1NS(=O)(=O)c1cc(CN)ccc1Br. The van der Waals surface area contributed by atoms with E-state index in [-0.39, 0.29) is 10.9 Å². The van der Waals surface area contributed by atoms with Crippen molar-refractivity contribution in [3.05, 3.63) is 28.2 Å². The second kappa shape index (κ2) is 5.91. The van der Waals surface area contributed by atoms with Gasteiger partial charge in [0, 0.05) is 17.1 Å². The van der Waals surface area contributed by atoms with E-state index in [1.807, 2.05) is 6.07 Å². The van der Waals surface area contributed by atoms with Crippen LogP contribution in [-0.2, 0) is 16.6 Å². The first-order chi connectivity index (χ1) is 8.97. The fourth-order valence-corrected chi connectivity index (χ4v) is 4.56. The minimum atomic E-state index is -3.46. The van der Waals surface area contributed by atoms with Crippen LogP contribution in [0, 0.1) is 5.92 Å². The highest BCUT2D eigenvalue weighted by atomic mass is 79.9. The minimum Gasteiger partial charge on any atom is -0.326 e. The highest BCUT2D eigenvalue weighted by Crippen LogP contribution is 2.36. The first kappa shape index (κ1) is 15.0. The smallest absolute Gasteiger partial charge is 0.241 e. The zero-order chi connectivity index (χ0) is 14.0. The average Bonchev–Trinajstić information content (AvgIpc) is 3.07. The van der Waals surface area contributed by atoms with Gasteiger partial charge in [0.2, 0.25) is 10.0 Å². The molecule has 0 aliphatic heterocycles. The van der Waals surface area contributed by atoms with Gasteiger partial charge in [-0.3, -0.25) is 0 Å². The number of sulfonamides is 1. The molecule has 2 rings (SSSR count). The van der Waals surface area contributed by atoms with Crippen LogP contribution in [0.3, 0.4) is 0 Å². The van der Waals surface area contributed by atoms with Crippen molar-refractivity contribution in [2.24, 2.45) is 11.7 Å². The first-order valence-corrected chi connectivity index (χ1v) is 8.76. The Bertz CT molecular complexity index is 560. The molecule has 4 nitrogen and oxygen atoms in total. The molecule has 2 unspecified atom stereocenters. The Hall–Kier alpha value is -0.430. The Balaban J connectivity index is 2.16. The van der Waals surface area contributed by atoms with Crippen LogP contribution in [0.1, 0.15) is 31.7 Å². The van der Waals surface area contributed by atoms with Gasteiger partial charge in [-0.05, 0) is 52.4 Å². The maximum absolute atomic E-state index is 12.3. The molecule has 106 valence electrons. The summed E-state index contributed by atoms with van der Waals surface area (Å²) in [5.74, 6) is 0.497. The molecule has 0 heterocycles. The van der Waals surface area contributed by atoms with E-state index in [0.29, 0.717) is 16.9 Å². The normalized spacial score (nSPS) is 22.5. The van der Waals surface area contributed by atoms with Gasteiger partial charge in [-0.2, -0.15) is 0 Å². The summed E-state index contributed by atoms with van der Waals surface area (Å²) in [4.78, 5) is 0.276. The Labute approximate surface area is 122 Å². The molecule has 0 saturated heterocycles. The van der Waals surface area contributed by atoms with E-state index in [9.17, 15) is 8.42 Å². The molecule has 0 spiro atoms. The Kier molecular flexibility index (Phi) is 4.66. The Morgan fingerprint density at radius 1 is 1.47 bits per heavy atom. The lowest BCUT2D eigenvalue weighted by atomic mass is 10.2. The lowest BCUT2D eigenvalue weighted by Crippen LogP contribution is -2.27. The summed E-state index contributed by atoms with van der Waals surface area (Å²) in [6.07, 6.45) is 3.12. The number of halogens is 1. The van der Waals surface area contributed by atoms with Gasteiger partial charge in [0.05, 0.1) is 4.90 Å². The van der Waals surface area contributed by atoms with Crippen molar-refractivity contribution in [1.29, 1.82) is 0 Å². The number of nitrogens with two attached hydrogens (primary N) is 1. The third-order valence-corrected chi connectivity index (χ3v) is 5.89. The molecule has 0 amide bonds. The molecular weight excluding hydrogens is 328 g/mol. The van der Waals surface area contributed by atoms with Crippen molar-refractivity contribution < 1.29 is 8.42 Å². The molecule has 0 aromatic heterocycles. The summed E-state index contributed by atoms with van der Waals surface area (Å²) in [5, 5.41) is 0. The van der Waals surface area contributed by atoms with E-state index < -0.39 is 10.0 Å². The van der Waals surface area contributed by atoms with Crippen LogP contribution in [0.2, 0.25) is 0 Å². The average molecular weight is 347 g/mol. The number of nitrogens with one attached hydrogen (secondary N) is 1. The zero-order valence-corrected chi connectivity index (χ0v) is 13.3. The molecule has 1 saturated carbocycles. The van der Waals surface area contributed by atoms with Gasteiger partial charge in [0.1, 0.15) is 0 Å². The van der Waals surface area contributed by atoms with Gasteiger partial charge in [0.15, 0.2) is 0 Å². The molecule has 0 radical (unpaired) electrons. The molecule has 1 aromatic carbocycles. The van der Waals surface area contributed by atoms with Gasteiger partial charge >= 0.3 is 0 Å². The Morgan fingerprint density at radius 2 is 2.21 bits per heavy atom. The number of rotatable bonds is 6. The standard InChI is InChI=1S/C13H19BrN2O2S/c1-2-3-10-7-12(10)16-19(17,18)13-6-9(8-15)4-5-11(13)14/h4-6,10,12,16H,2-3,7-8,15H2,1H3. The first-order valence-electron chi connectivity index (χ1n) is 6.48. The lowest BCUT2D eigenvalue weighted by Gasteiger charge is -2.09. The van der Waals surface area contributed by atoms with Crippen molar-refractivity contribution in [1.82, 2.24) is 4.72 Å². The predicted molar refractivity (Wildman–Crippen MR) is 79.2 cm³/mol. The van der Waals surface area contributed by atoms with E-state index in [1.54, 1.807) is 12.1 Å². The molecule has 0 bridgehead atoms. The number of hydrogen-bond acceptors (Lipinski definition) is 3. The fourth-order valence-electron chi connectivity index (χ4n) is 2.23. The van der Waals surface area contributed by atoms with Crippen LogP contribution in [0.15, 0.2) is 27.6 Å². The van der Waals surface area contributed by atoms with E-state index in [1.165, 1.54) is 0 Å². The van der Waals surface area contributed by atoms with E-state index in [2.05, 4.69) is 27.6 Å². The fraction of sp³-hybridized carbons (Fsp3) is 0.538. The summed E-state index contributed by atoms with van der Waals surface area (Å²) in [7, 11) is -3.46. The quantitative estimate of drug-likeness (QED) is 0.830. The predicted octanol–water partition coefficient (Wildman–Crippen LogP) is 2.37. The van der Waals surface area contributed by atoms with Gasteiger partial charge in [0.25, 0.3) is 0 Å². The largest absolute Gasteiger partial charge is 0.326 e. The molecule has 1 aliphatic rings. The maximum Gasteiger partial charge on any atom is 0.241 e. The van der Waals surface area contributed by atoms with Crippen molar-refractivity contribution >= 4 is 26.0 Å². The summed E-state index contributed by atoms with van der Waals surface area (Å²) in [6, 6.07) is 5.27. The van der Waals surface area contributed by atoms with Gasteiger partial charge in [-0.25, -0.2) is 13.1 Å². The third kappa shape index (κ3) is 3.56. The van der Waals surface area contributed by atoms with Gasteiger partial charge in [-0.15, -0.1) is 0 Å². The molecule has 1 aliphatic carbocycles. The van der Waals surface area contributed by atoms with Crippen LogP contribution < -0.4 is 10.5 Å². The highest BCUT2D eigenvalue weighted by molar-refractivity contribution is 9.10. The van der Waals surface area contributed by atoms with Gasteiger partial charge in [-0.1, -0.05) is 19.4 Å². The van der Waals surface area contributed by atoms with Crippen molar-refractivity contribution in [2.45, 2.75) is 43.7 Å². The van der Waals surface area contributed by atoms with E-state index in [4.69, 9.17) is 5.73 Å². The maximum atomic E-state index is 12.3. The van der Waals surface area contributed by atoms with Crippen LogP contribution in [0.25, 0.3) is 0 Å². The van der Waals surface area contributed by atoms with Crippen molar-refractivity contribution in [2.75, 3.05) is 0 Å². The molecule has 2 atom stereocenters. The van der Waals surface area contributed by atoms with Crippen molar-refractivity contribution in [3.8, 4) is 0 Å². The van der Waals surface area contributed by atoms with Crippen LogP contribution in [0.5, 0.6) is 0 Å². The molecular formula is C13H19BrN2O2S. The molecule has 1 fully saturated rings. The number of hydrogen-bond donors (Lipinski definition) is 2. The van der Waals surface area contributed by atoms with Crippen LogP contribution >= 0.6 is 15.9 Å². The second-order valence-electron chi connectivity index (χ2n) is 4.98. The van der Waals surface area contributed by atoms with Crippen molar-refractivity contribution in [3.63, 3.8) is 0 Å². The summed E-state index contributed by atoms with van der Waals surface area (Å²) < 4.78 is 28.0. The molecule has 6 heteroatoms. The molecule has 3 N–H and O–H groups in total. The summed E-state index contributed by atoms with van der Waals surface area (Å²) >= 11 is 3.29. The monoisotopic (exact) mass is 346 g/mol. The summed E-state index contributed by atoms with van der Waals surface area (Å²) in [6.45, 7) is 2.45. The minimum absolute atomic E-state index is 0.0957. The van der Waals surface area contributed by atoms with Crippen LogP contribution in [0.4, 0.5) is 0 Å². The second-order valence-corrected chi connectivity index (χ2v) is 7.52. The van der Waals surface area contributed by atoms with Gasteiger partial charge < -0.3 is 5.73 Å². The summed E-state index contributed by atoms with van der Waals surface area (Å²) in [5.41, 5.74) is 6.37. The third-order valence-electron chi connectivity index (χ3n) is 3.41. The van der Waals surface area contributed by atoms with E-state index >= 15 is 0 Å². The van der Waals surface area contributed by atoms with E-state index in [0.717, 1.165) is 24.8 Å². The highest BCUT2D eigenvalue weighted by Gasteiger charge is 2.39. The zero-order valence-electron chi connectivity index (χ0n) is 10.9. The van der Waals surface area contributed by atoms with Crippen LogP contribution in [-0.4, -0.2) is 14.5 Å². The lowest BCUT2D eigenvalue weighted by molar-refractivity contribution is 0.572. The topological polar surface area (TPSA) is 72.2 Å². The number of benzene rings is 1. The Morgan fingerprint density at radius 3 is 2.84 bits per heavy atom.